The van der Waals surface area contributed by atoms with E-state index in [1.54, 1.807) is 32.9 Å². The summed E-state index contributed by atoms with van der Waals surface area (Å²) < 4.78 is 17.1. The molecule has 1 aromatic heterocycles. The summed E-state index contributed by atoms with van der Waals surface area (Å²) in [5.41, 5.74) is 0.0600. The van der Waals surface area contributed by atoms with Crippen molar-refractivity contribution in [3.8, 4) is 11.5 Å². The molecule has 6 nitrogen and oxygen atoms in total. The smallest absolute Gasteiger partial charge is 0.333 e. The van der Waals surface area contributed by atoms with Crippen LogP contribution in [0.25, 0.3) is 11.0 Å². The van der Waals surface area contributed by atoms with Gasteiger partial charge in [-0.3, -0.25) is 4.79 Å². The molecule has 0 unspecified atom stereocenters. The van der Waals surface area contributed by atoms with Gasteiger partial charge in [0.25, 0.3) is 0 Å². The largest absolute Gasteiger partial charge is 0.507 e. The highest BCUT2D eigenvalue weighted by Gasteiger charge is 2.41. The first kappa shape index (κ1) is 18.0. The molecule has 3 rings (SSSR count). The lowest BCUT2D eigenvalue weighted by molar-refractivity contribution is -0.156. The van der Waals surface area contributed by atoms with Crippen LogP contribution in [0.2, 0.25) is 0 Å². The number of aromatic hydroxyl groups is 1. The Morgan fingerprint density at radius 1 is 1.38 bits per heavy atom. The summed E-state index contributed by atoms with van der Waals surface area (Å²) in [6.45, 7) is 8.72. The minimum Gasteiger partial charge on any atom is -0.507 e. The van der Waals surface area contributed by atoms with Crippen molar-refractivity contribution in [3.05, 3.63) is 45.3 Å². The zero-order valence-electron chi connectivity index (χ0n) is 15.5. The summed E-state index contributed by atoms with van der Waals surface area (Å²) in [7, 11) is 0. The van der Waals surface area contributed by atoms with Gasteiger partial charge in [0.05, 0.1) is 0 Å². The number of hydrogen-bond donors (Lipinski definition) is 1. The quantitative estimate of drug-likeness (QED) is 0.654. The van der Waals surface area contributed by atoms with Gasteiger partial charge in [-0.1, -0.05) is 6.08 Å². The van der Waals surface area contributed by atoms with Crippen molar-refractivity contribution in [2.24, 2.45) is 0 Å². The van der Waals surface area contributed by atoms with Crippen LogP contribution in [0.5, 0.6) is 11.5 Å². The molecule has 0 amide bonds. The van der Waals surface area contributed by atoms with Gasteiger partial charge >= 0.3 is 5.97 Å². The van der Waals surface area contributed by atoms with Crippen LogP contribution < -0.4 is 10.2 Å². The molecule has 2 aromatic rings. The molecular weight excluding hydrogens is 336 g/mol. The van der Waals surface area contributed by atoms with E-state index in [4.69, 9.17) is 13.9 Å². The Hall–Kier alpha value is -2.76. The van der Waals surface area contributed by atoms with Crippen LogP contribution in [-0.4, -0.2) is 22.8 Å². The van der Waals surface area contributed by atoms with Crippen LogP contribution in [-0.2, 0) is 16.0 Å². The number of ether oxygens (including phenoxy) is 2. The van der Waals surface area contributed by atoms with Crippen molar-refractivity contribution in [2.45, 2.75) is 52.7 Å². The maximum absolute atomic E-state index is 12.3. The molecule has 0 aliphatic carbocycles. The van der Waals surface area contributed by atoms with Gasteiger partial charge in [-0.15, -0.1) is 0 Å². The molecule has 0 spiro atoms. The molecule has 138 valence electrons. The van der Waals surface area contributed by atoms with E-state index in [1.165, 1.54) is 6.07 Å². The molecular formula is C20H22O6. The van der Waals surface area contributed by atoms with E-state index in [2.05, 4.69) is 0 Å². The van der Waals surface area contributed by atoms with Gasteiger partial charge in [-0.05, 0) is 34.6 Å². The van der Waals surface area contributed by atoms with Gasteiger partial charge < -0.3 is 19.0 Å². The second-order valence-corrected chi connectivity index (χ2v) is 7.07. The van der Waals surface area contributed by atoms with Crippen LogP contribution in [0.15, 0.2) is 33.0 Å². The minimum absolute atomic E-state index is 0.104. The third kappa shape index (κ3) is 2.96. The number of carbonyl (C=O) groups is 1. The van der Waals surface area contributed by atoms with E-state index >= 15 is 0 Å². The highest BCUT2D eigenvalue weighted by atomic mass is 16.6. The monoisotopic (exact) mass is 358 g/mol. The highest BCUT2D eigenvalue weighted by Crippen LogP contribution is 2.42. The van der Waals surface area contributed by atoms with E-state index in [0.717, 1.165) is 0 Å². The first-order valence-corrected chi connectivity index (χ1v) is 8.46. The number of hydrogen-bond acceptors (Lipinski definition) is 6. The van der Waals surface area contributed by atoms with Crippen molar-refractivity contribution < 1.29 is 23.8 Å². The zero-order valence-corrected chi connectivity index (χ0v) is 15.5. The molecule has 0 saturated carbocycles. The molecule has 0 bridgehead atoms. The zero-order chi connectivity index (χ0) is 19.2. The Balaban J connectivity index is 2.09. The molecule has 26 heavy (non-hydrogen) atoms. The Bertz CT molecular complexity index is 980. The third-order valence-corrected chi connectivity index (χ3v) is 4.72. The van der Waals surface area contributed by atoms with Crippen molar-refractivity contribution >= 4 is 16.9 Å². The number of allylic oxidation sites excluding steroid dienone is 1. The van der Waals surface area contributed by atoms with Crippen LogP contribution in [0.1, 0.15) is 39.0 Å². The Labute approximate surface area is 151 Å². The van der Waals surface area contributed by atoms with Gasteiger partial charge in [0.1, 0.15) is 39.9 Å². The maximum atomic E-state index is 12.3. The molecule has 1 aliphatic rings. The molecule has 1 aliphatic heterocycles. The number of fused-ring (bicyclic) bond motifs is 2. The van der Waals surface area contributed by atoms with Crippen LogP contribution in [0.3, 0.4) is 0 Å². The predicted molar refractivity (Wildman–Crippen MR) is 96.6 cm³/mol. The predicted octanol–water partition coefficient (Wildman–Crippen LogP) is 3.40. The summed E-state index contributed by atoms with van der Waals surface area (Å²) in [4.78, 5) is 24.4. The fraction of sp³-hybridized carbons (Fsp3) is 0.400. The number of esters is 1. The molecule has 0 radical (unpaired) electrons. The van der Waals surface area contributed by atoms with E-state index < -0.39 is 17.7 Å². The summed E-state index contributed by atoms with van der Waals surface area (Å²) in [6.07, 6.45) is 1.30. The number of rotatable bonds is 2. The van der Waals surface area contributed by atoms with Crippen molar-refractivity contribution in [3.63, 3.8) is 0 Å². The van der Waals surface area contributed by atoms with Crippen molar-refractivity contribution in [1.29, 1.82) is 0 Å². The number of aryl methyl sites for hydroxylation is 1. The van der Waals surface area contributed by atoms with Crippen molar-refractivity contribution in [1.82, 2.24) is 0 Å². The van der Waals surface area contributed by atoms with Gasteiger partial charge in [0.15, 0.2) is 5.43 Å². The average Bonchev–Trinajstić information content (AvgIpc) is 2.54. The minimum atomic E-state index is -0.805. The van der Waals surface area contributed by atoms with E-state index in [1.807, 2.05) is 13.8 Å². The lowest BCUT2D eigenvalue weighted by atomic mass is 9.89. The fourth-order valence-electron chi connectivity index (χ4n) is 3.03. The number of phenolic OH excluding ortho intramolecular Hbond substituents is 1. The molecule has 6 heteroatoms. The molecule has 1 atom stereocenters. The van der Waals surface area contributed by atoms with Crippen LogP contribution in [0.4, 0.5) is 0 Å². The standard InChI is InChI=1S/C20H22O6/c1-6-10(2)19(23)25-16-8-12-14(26-20(16,4)5)9-15-17(18(12)22)13(21)7-11(3)24-15/h6-7,9,16,22H,8H2,1-5H3/b10-6-/t16-/m1/s1. The SMILES string of the molecule is C/C=C(/C)C(=O)O[C@@H]1Cc2c(cc3oc(C)cc(=O)c3c2O)OC1(C)C. The Morgan fingerprint density at radius 3 is 2.73 bits per heavy atom. The van der Waals surface area contributed by atoms with Gasteiger partial charge in [-0.2, -0.15) is 0 Å². The molecule has 1 N–H and O–H groups in total. The Kier molecular flexibility index (Phi) is 4.30. The van der Waals surface area contributed by atoms with Gasteiger partial charge in [0.2, 0.25) is 0 Å². The highest BCUT2D eigenvalue weighted by molar-refractivity contribution is 5.88. The maximum Gasteiger partial charge on any atom is 0.333 e. The lowest BCUT2D eigenvalue weighted by Crippen LogP contribution is -2.49. The second-order valence-electron chi connectivity index (χ2n) is 7.07. The van der Waals surface area contributed by atoms with Crippen LogP contribution >= 0.6 is 0 Å². The Morgan fingerprint density at radius 2 is 2.08 bits per heavy atom. The molecule has 0 fully saturated rings. The molecule has 2 heterocycles. The van der Waals surface area contributed by atoms with Crippen LogP contribution in [0, 0.1) is 6.92 Å². The topological polar surface area (TPSA) is 86.0 Å². The number of phenols is 1. The van der Waals surface area contributed by atoms with E-state index in [9.17, 15) is 14.7 Å². The van der Waals surface area contributed by atoms with E-state index in [0.29, 0.717) is 22.6 Å². The van der Waals surface area contributed by atoms with Gasteiger partial charge in [-0.25, -0.2) is 4.79 Å². The summed E-state index contributed by atoms with van der Waals surface area (Å²) >= 11 is 0. The molecule has 0 saturated heterocycles. The third-order valence-electron chi connectivity index (χ3n) is 4.72. The molecule has 1 aromatic carbocycles. The van der Waals surface area contributed by atoms with Gasteiger partial charge in [0, 0.05) is 29.7 Å². The summed E-state index contributed by atoms with van der Waals surface area (Å²) in [6, 6.07) is 2.94. The second kappa shape index (κ2) is 6.20. The fourth-order valence-corrected chi connectivity index (χ4v) is 3.03. The lowest BCUT2D eigenvalue weighted by Gasteiger charge is -2.39. The average molecular weight is 358 g/mol. The van der Waals surface area contributed by atoms with E-state index in [-0.39, 0.29) is 28.6 Å². The number of benzene rings is 1. The normalized spacial score (nSPS) is 19.0. The first-order valence-electron chi connectivity index (χ1n) is 8.46. The first-order chi connectivity index (χ1) is 12.1. The summed E-state index contributed by atoms with van der Waals surface area (Å²) in [5.74, 6) is 0.243. The van der Waals surface area contributed by atoms with Crippen molar-refractivity contribution in [2.75, 3.05) is 0 Å². The number of carbonyl (C=O) groups excluding carboxylic acids is 1. The summed E-state index contributed by atoms with van der Waals surface area (Å²) in [5, 5.41) is 10.8.